The van der Waals surface area contributed by atoms with Crippen LogP contribution in [0.4, 0.5) is 5.69 Å². The zero-order valence-corrected chi connectivity index (χ0v) is 10.3. The van der Waals surface area contributed by atoms with Gasteiger partial charge in [0.05, 0.1) is 29.7 Å². The van der Waals surface area contributed by atoms with Crippen LogP contribution in [0.15, 0.2) is 30.5 Å². The molecule has 0 amide bonds. The summed E-state index contributed by atoms with van der Waals surface area (Å²) in [5.74, 6) is 0.691. The molecule has 0 aliphatic rings. The van der Waals surface area contributed by atoms with Gasteiger partial charge in [0.15, 0.2) is 5.75 Å². The highest BCUT2D eigenvalue weighted by Crippen LogP contribution is 2.27. The van der Waals surface area contributed by atoms with Gasteiger partial charge in [-0.1, -0.05) is 0 Å². The Bertz CT molecular complexity index is 583. The summed E-state index contributed by atoms with van der Waals surface area (Å²) in [6.07, 6.45) is 1.72. The first kappa shape index (κ1) is 12.4. The predicted molar refractivity (Wildman–Crippen MR) is 66.3 cm³/mol. The monoisotopic (exact) mass is 267 g/mol. The summed E-state index contributed by atoms with van der Waals surface area (Å²) in [5.41, 5.74) is 1.32. The van der Waals surface area contributed by atoms with E-state index in [0.717, 1.165) is 5.69 Å². The molecule has 0 saturated carbocycles. The van der Waals surface area contributed by atoms with Crippen LogP contribution < -0.4 is 4.74 Å². The van der Waals surface area contributed by atoms with Crippen molar-refractivity contribution >= 4 is 17.3 Å². The Hall–Kier alpha value is -2.08. The molecule has 0 saturated heterocycles. The zero-order valence-electron chi connectivity index (χ0n) is 9.54. The van der Waals surface area contributed by atoms with E-state index in [1.165, 1.54) is 19.2 Å². The molecule has 0 aliphatic carbocycles. The van der Waals surface area contributed by atoms with Gasteiger partial charge in [0, 0.05) is 12.3 Å². The average Bonchev–Trinajstić information content (AvgIpc) is 2.86. The van der Waals surface area contributed by atoms with Crippen molar-refractivity contribution in [2.75, 3.05) is 7.11 Å². The standard InChI is InChI=1S/C11H10ClN3O3/c1-18-11-6-9(15(16)17)2-3-10(11)14-5-4-8(7-12)13-14/h2-6H,7H2,1H3. The lowest BCUT2D eigenvalue weighted by Crippen LogP contribution is -2.00. The van der Waals surface area contributed by atoms with Gasteiger partial charge in [-0.15, -0.1) is 11.6 Å². The van der Waals surface area contributed by atoms with Crippen molar-refractivity contribution in [1.29, 1.82) is 0 Å². The molecule has 0 spiro atoms. The number of nitro benzene ring substituents is 1. The summed E-state index contributed by atoms with van der Waals surface area (Å²) in [6.45, 7) is 0. The van der Waals surface area contributed by atoms with Gasteiger partial charge in [-0.2, -0.15) is 5.10 Å². The van der Waals surface area contributed by atoms with Gasteiger partial charge in [0.25, 0.3) is 5.69 Å². The van der Waals surface area contributed by atoms with E-state index in [9.17, 15) is 10.1 Å². The van der Waals surface area contributed by atoms with Gasteiger partial charge in [0.2, 0.25) is 0 Å². The van der Waals surface area contributed by atoms with Gasteiger partial charge in [0.1, 0.15) is 5.69 Å². The molecule has 0 fully saturated rings. The van der Waals surface area contributed by atoms with E-state index in [0.29, 0.717) is 17.3 Å². The summed E-state index contributed by atoms with van der Waals surface area (Å²) in [6, 6.07) is 6.12. The fourth-order valence-corrected chi connectivity index (χ4v) is 1.68. The molecule has 0 radical (unpaired) electrons. The van der Waals surface area contributed by atoms with Gasteiger partial charge in [-0.3, -0.25) is 10.1 Å². The van der Waals surface area contributed by atoms with Crippen LogP contribution in [-0.2, 0) is 5.88 Å². The van der Waals surface area contributed by atoms with E-state index in [4.69, 9.17) is 16.3 Å². The number of halogens is 1. The van der Waals surface area contributed by atoms with Crippen LogP contribution in [0.25, 0.3) is 5.69 Å². The fraction of sp³-hybridized carbons (Fsp3) is 0.182. The summed E-state index contributed by atoms with van der Waals surface area (Å²) in [4.78, 5) is 10.2. The van der Waals surface area contributed by atoms with Gasteiger partial charge in [-0.05, 0) is 12.1 Å². The number of methoxy groups -OCH3 is 1. The number of hydrogen-bond donors (Lipinski definition) is 0. The molecule has 7 heteroatoms. The highest BCUT2D eigenvalue weighted by molar-refractivity contribution is 6.16. The predicted octanol–water partition coefficient (Wildman–Crippen LogP) is 2.53. The molecule has 0 aliphatic heterocycles. The Morgan fingerprint density at radius 2 is 2.28 bits per heavy atom. The minimum absolute atomic E-state index is 0.0275. The molecule has 6 nitrogen and oxygen atoms in total. The molecule has 1 aromatic heterocycles. The van der Waals surface area contributed by atoms with Crippen LogP contribution in [0.2, 0.25) is 0 Å². The zero-order chi connectivity index (χ0) is 13.1. The third-order valence-electron chi connectivity index (χ3n) is 2.40. The Balaban J connectivity index is 2.47. The van der Waals surface area contributed by atoms with E-state index < -0.39 is 4.92 Å². The molecule has 0 bridgehead atoms. The minimum Gasteiger partial charge on any atom is -0.494 e. The fourth-order valence-electron chi connectivity index (χ4n) is 1.54. The SMILES string of the molecule is COc1cc([N+](=O)[O-])ccc1-n1ccc(CCl)n1. The maximum absolute atomic E-state index is 10.7. The molecule has 0 N–H and O–H groups in total. The number of alkyl halides is 1. The normalized spacial score (nSPS) is 10.3. The Labute approximate surface area is 108 Å². The highest BCUT2D eigenvalue weighted by atomic mass is 35.5. The third-order valence-corrected chi connectivity index (χ3v) is 2.68. The van der Waals surface area contributed by atoms with E-state index in [1.807, 2.05) is 0 Å². The number of rotatable bonds is 4. The number of hydrogen-bond acceptors (Lipinski definition) is 4. The van der Waals surface area contributed by atoms with Crippen molar-refractivity contribution in [3.05, 3.63) is 46.3 Å². The lowest BCUT2D eigenvalue weighted by atomic mass is 10.2. The first-order valence-corrected chi connectivity index (χ1v) is 5.62. The smallest absolute Gasteiger partial charge is 0.273 e. The molecule has 2 rings (SSSR count). The Morgan fingerprint density at radius 3 is 2.83 bits per heavy atom. The van der Waals surface area contributed by atoms with Gasteiger partial charge < -0.3 is 4.74 Å². The summed E-state index contributed by atoms with van der Waals surface area (Å²) in [7, 11) is 1.45. The van der Waals surface area contributed by atoms with Crippen molar-refractivity contribution in [3.8, 4) is 11.4 Å². The van der Waals surface area contributed by atoms with Crippen LogP contribution in [0, 0.1) is 10.1 Å². The van der Waals surface area contributed by atoms with Crippen LogP contribution in [-0.4, -0.2) is 21.8 Å². The van der Waals surface area contributed by atoms with E-state index >= 15 is 0 Å². The number of benzene rings is 1. The average molecular weight is 268 g/mol. The molecule has 2 aromatic rings. The molecule has 18 heavy (non-hydrogen) atoms. The number of nitrogens with zero attached hydrogens (tertiary/aromatic N) is 3. The molecular formula is C11H10ClN3O3. The molecule has 94 valence electrons. The summed E-state index contributed by atoms with van der Waals surface area (Å²) < 4.78 is 6.70. The highest BCUT2D eigenvalue weighted by Gasteiger charge is 2.13. The lowest BCUT2D eigenvalue weighted by molar-refractivity contribution is -0.384. The second-order valence-corrected chi connectivity index (χ2v) is 3.77. The van der Waals surface area contributed by atoms with Crippen molar-refractivity contribution in [2.24, 2.45) is 0 Å². The van der Waals surface area contributed by atoms with Gasteiger partial charge >= 0.3 is 0 Å². The van der Waals surface area contributed by atoms with Crippen LogP contribution in [0.3, 0.4) is 0 Å². The largest absolute Gasteiger partial charge is 0.494 e. The first-order valence-electron chi connectivity index (χ1n) is 5.09. The molecule has 0 unspecified atom stereocenters. The topological polar surface area (TPSA) is 70.2 Å². The second kappa shape index (κ2) is 5.05. The van der Waals surface area contributed by atoms with Crippen LogP contribution in [0.1, 0.15) is 5.69 Å². The number of aromatic nitrogens is 2. The first-order chi connectivity index (χ1) is 8.65. The van der Waals surface area contributed by atoms with Crippen LogP contribution in [0.5, 0.6) is 5.75 Å². The molecular weight excluding hydrogens is 258 g/mol. The maximum atomic E-state index is 10.7. The summed E-state index contributed by atoms with van der Waals surface area (Å²) >= 11 is 5.67. The van der Waals surface area contributed by atoms with Crippen molar-refractivity contribution in [2.45, 2.75) is 5.88 Å². The number of nitro groups is 1. The number of non-ortho nitro benzene ring substituents is 1. The minimum atomic E-state index is -0.473. The van der Waals surface area contributed by atoms with Crippen LogP contribution >= 0.6 is 11.6 Å². The molecule has 1 heterocycles. The van der Waals surface area contributed by atoms with Gasteiger partial charge in [-0.25, -0.2) is 4.68 Å². The van der Waals surface area contributed by atoms with Crippen molar-refractivity contribution < 1.29 is 9.66 Å². The Kier molecular flexibility index (Phi) is 3.47. The molecule has 0 atom stereocenters. The quantitative estimate of drug-likeness (QED) is 0.485. The van der Waals surface area contributed by atoms with E-state index in [1.54, 1.807) is 23.0 Å². The number of ether oxygens (including phenoxy) is 1. The maximum Gasteiger partial charge on any atom is 0.273 e. The van der Waals surface area contributed by atoms with Crippen molar-refractivity contribution in [3.63, 3.8) is 0 Å². The third kappa shape index (κ3) is 2.28. The Morgan fingerprint density at radius 1 is 1.50 bits per heavy atom. The second-order valence-electron chi connectivity index (χ2n) is 3.50. The lowest BCUT2D eigenvalue weighted by Gasteiger charge is -2.07. The summed E-state index contributed by atoms with van der Waals surface area (Å²) in [5, 5.41) is 14.9. The van der Waals surface area contributed by atoms with Crippen molar-refractivity contribution in [1.82, 2.24) is 9.78 Å². The molecule has 1 aromatic carbocycles. The van der Waals surface area contributed by atoms with E-state index in [2.05, 4.69) is 5.10 Å². The van der Waals surface area contributed by atoms with E-state index in [-0.39, 0.29) is 5.69 Å².